The van der Waals surface area contributed by atoms with Crippen LogP contribution < -0.4 is 5.32 Å². The molecule has 0 aliphatic rings. The first-order valence-electron chi connectivity index (χ1n) is 1.77. The second-order valence-electron chi connectivity index (χ2n) is 0.939. The van der Waals surface area contributed by atoms with Gasteiger partial charge in [-0.05, 0) is 6.20 Å². The molecule has 0 spiro atoms. The molecule has 0 amide bonds. The van der Waals surface area contributed by atoms with Crippen LogP contribution in [-0.4, -0.2) is 0 Å². The third-order valence-corrected chi connectivity index (χ3v) is 0.411. The molecule has 0 aromatic heterocycles. The SMILES string of the molecule is C=CNC(=C)C#N. The molecule has 0 aliphatic heterocycles. The average molecular weight is 94.1 g/mol. The van der Waals surface area contributed by atoms with Gasteiger partial charge in [-0.25, -0.2) is 0 Å². The van der Waals surface area contributed by atoms with Crippen molar-refractivity contribution in [3.05, 3.63) is 25.1 Å². The Balaban J connectivity index is 3.43. The Bertz CT molecular complexity index is 119. The Labute approximate surface area is 42.8 Å². The largest absolute Gasteiger partial charge is 0.354 e. The van der Waals surface area contributed by atoms with Gasteiger partial charge in [0.1, 0.15) is 11.8 Å². The van der Waals surface area contributed by atoms with E-state index in [4.69, 9.17) is 5.26 Å². The van der Waals surface area contributed by atoms with Crippen molar-refractivity contribution < 1.29 is 0 Å². The molecule has 0 fully saturated rings. The van der Waals surface area contributed by atoms with E-state index in [2.05, 4.69) is 18.5 Å². The van der Waals surface area contributed by atoms with E-state index in [0.717, 1.165) is 0 Å². The zero-order valence-corrected chi connectivity index (χ0v) is 3.94. The molecule has 36 valence electrons. The fourth-order valence-electron chi connectivity index (χ4n) is 0.155. The number of allylic oxidation sites excluding steroid dienone is 1. The van der Waals surface area contributed by atoms with Crippen molar-refractivity contribution in [3.63, 3.8) is 0 Å². The molecule has 0 heterocycles. The van der Waals surface area contributed by atoms with Crippen LogP contribution in [-0.2, 0) is 0 Å². The lowest BCUT2D eigenvalue weighted by atomic mass is 10.5. The summed E-state index contributed by atoms with van der Waals surface area (Å²) in [5.74, 6) is 0. The molecular weight excluding hydrogens is 88.1 g/mol. The molecular formula is C5H6N2. The molecule has 0 atom stereocenters. The summed E-state index contributed by atoms with van der Waals surface area (Å²) in [6.45, 7) is 6.64. The maximum atomic E-state index is 8.01. The monoisotopic (exact) mass is 94.1 g/mol. The van der Waals surface area contributed by atoms with Gasteiger partial charge in [0.25, 0.3) is 0 Å². The lowest BCUT2D eigenvalue weighted by Crippen LogP contribution is -1.98. The maximum Gasteiger partial charge on any atom is 0.117 e. The molecule has 0 radical (unpaired) electrons. The standard InChI is InChI=1S/C5H6N2/c1-3-7-5(2)4-6/h3,7H,1-2H2. The molecule has 0 aromatic carbocycles. The summed E-state index contributed by atoms with van der Waals surface area (Å²) in [5, 5.41) is 10.5. The van der Waals surface area contributed by atoms with Crippen molar-refractivity contribution in [2.24, 2.45) is 0 Å². The topological polar surface area (TPSA) is 35.8 Å². The van der Waals surface area contributed by atoms with Gasteiger partial charge in [0, 0.05) is 0 Å². The number of hydrogen-bond acceptors (Lipinski definition) is 2. The van der Waals surface area contributed by atoms with Gasteiger partial charge < -0.3 is 5.32 Å². The maximum absolute atomic E-state index is 8.01. The van der Waals surface area contributed by atoms with Gasteiger partial charge >= 0.3 is 0 Å². The fourth-order valence-corrected chi connectivity index (χ4v) is 0.155. The van der Waals surface area contributed by atoms with Crippen LogP contribution in [0.2, 0.25) is 0 Å². The van der Waals surface area contributed by atoms with Gasteiger partial charge in [0.2, 0.25) is 0 Å². The van der Waals surface area contributed by atoms with Crippen molar-refractivity contribution >= 4 is 0 Å². The molecule has 2 heteroatoms. The van der Waals surface area contributed by atoms with Gasteiger partial charge in [-0.2, -0.15) is 5.26 Å². The number of nitriles is 1. The number of rotatable bonds is 2. The van der Waals surface area contributed by atoms with Crippen molar-refractivity contribution in [1.29, 1.82) is 5.26 Å². The van der Waals surface area contributed by atoms with E-state index in [0.29, 0.717) is 5.70 Å². The zero-order valence-electron chi connectivity index (χ0n) is 3.94. The first-order valence-corrected chi connectivity index (χ1v) is 1.77. The molecule has 0 saturated heterocycles. The van der Waals surface area contributed by atoms with Crippen LogP contribution in [0.5, 0.6) is 0 Å². The lowest BCUT2D eigenvalue weighted by molar-refractivity contribution is 1.13. The Morgan fingerprint density at radius 3 is 2.57 bits per heavy atom. The Morgan fingerprint density at radius 2 is 2.43 bits per heavy atom. The van der Waals surface area contributed by atoms with E-state index in [1.165, 1.54) is 6.20 Å². The van der Waals surface area contributed by atoms with Crippen molar-refractivity contribution in [2.45, 2.75) is 0 Å². The highest BCUT2D eigenvalue weighted by atomic mass is 14.8. The zero-order chi connectivity index (χ0) is 5.70. The quantitative estimate of drug-likeness (QED) is 0.513. The molecule has 0 bridgehead atoms. The highest BCUT2D eigenvalue weighted by Gasteiger charge is 1.76. The van der Waals surface area contributed by atoms with Crippen LogP contribution in [0.4, 0.5) is 0 Å². The summed E-state index contributed by atoms with van der Waals surface area (Å²) in [7, 11) is 0. The summed E-state index contributed by atoms with van der Waals surface area (Å²) in [4.78, 5) is 0. The van der Waals surface area contributed by atoms with Crippen LogP contribution in [0.3, 0.4) is 0 Å². The smallest absolute Gasteiger partial charge is 0.117 e. The predicted octanol–water partition coefficient (Wildman–Crippen LogP) is 0.757. The van der Waals surface area contributed by atoms with Crippen LogP contribution in [0.1, 0.15) is 0 Å². The molecule has 0 aliphatic carbocycles. The van der Waals surface area contributed by atoms with Crippen LogP contribution in [0, 0.1) is 11.3 Å². The molecule has 0 saturated carbocycles. The first kappa shape index (κ1) is 5.77. The third-order valence-electron chi connectivity index (χ3n) is 0.411. The minimum atomic E-state index is 0.315. The normalized spacial score (nSPS) is 6.14. The number of hydrogen-bond donors (Lipinski definition) is 1. The van der Waals surface area contributed by atoms with Crippen molar-refractivity contribution in [1.82, 2.24) is 5.32 Å². The predicted molar refractivity (Wildman–Crippen MR) is 28.1 cm³/mol. The summed E-state index contributed by atoms with van der Waals surface area (Å²) in [6.07, 6.45) is 1.41. The summed E-state index contributed by atoms with van der Waals surface area (Å²) in [6, 6.07) is 1.79. The third kappa shape index (κ3) is 2.58. The highest BCUT2D eigenvalue weighted by Crippen LogP contribution is 1.73. The number of nitrogens with zero attached hydrogens (tertiary/aromatic N) is 1. The van der Waals surface area contributed by atoms with Gasteiger partial charge in [-0.3, -0.25) is 0 Å². The van der Waals surface area contributed by atoms with Gasteiger partial charge in [-0.1, -0.05) is 13.2 Å². The molecule has 2 nitrogen and oxygen atoms in total. The van der Waals surface area contributed by atoms with Gasteiger partial charge in [0.15, 0.2) is 0 Å². The van der Waals surface area contributed by atoms with E-state index in [-0.39, 0.29) is 0 Å². The Morgan fingerprint density at radius 1 is 1.86 bits per heavy atom. The second kappa shape index (κ2) is 2.98. The van der Waals surface area contributed by atoms with E-state index < -0.39 is 0 Å². The molecule has 0 aromatic rings. The average Bonchev–Trinajstić information content (AvgIpc) is 1.68. The lowest BCUT2D eigenvalue weighted by Gasteiger charge is -1.87. The highest BCUT2D eigenvalue weighted by molar-refractivity contribution is 5.14. The summed E-state index contributed by atoms with van der Waals surface area (Å²) < 4.78 is 0. The first-order chi connectivity index (χ1) is 3.31. The molecule has 7 heavy (non-hydrogen) atoms. The van der Waals surface area contributed by atoms with Crippen molar-refractivity contribution in [3.8, 4) is 6.07 Å². The van der Waals surface area contributed by atoms with E-state index in [1.807, 2.05) is 0 Å². The van der Waals surface area contributed by atoms with Gasteiger partial charge in [-0.15, -0.1) is 0 Å². The summed E-state index contributed by atoms with van der Waals surface area (Å²) in [5.41, 5.74) is 0.315. The van der Waals surface area contributed by atoms with Crippen LogP contribution in [0.25, 0.3) is 0 Å². The van der Waals surface area contributed by atoms with E-state index in [1.54, 1.807) is 6.07 Å². The van der Waals surface area contributed by atoms with Crippen LogP contribution in [0.15, 0.2) is 25.1 Å². The summed E-state index contributed by atoms with van der Waals surface area (Å²) >= 11 is 0. The van der Waals surface area contributed by atoms with E-state index >= 15 is 0 Å². The van der Waals surface area contributed by atoms with Gasteiger partial charge in [0.05, 0.1) is 0 Å². The van der Waals surface area contributed by atoms with Crippen molar-refractivity contribution in [2.75, 3.05) is 0 Å². The Kier molecular flexibility index (Phi) is 2.46. The fraction of sp³-hybridized carbons (Fsp3) is 0. The second-order valence-corrected chi connectivity index (χ2v) is 0.939. The molecule has 0 rings (SSSR count). The number of nitrogens with one attached hydrogen (secondary N) is 1. The minimum absolute atomic E-state index is 0.315. The molecule has 1 N–H and O–H groups in total. The van der Waals surface area contributed by atoms with E-state index in [9.17, 15) is 0 Å². The molecule has 0 unspecified atom stereocenters. The van der Waals surface area contributed by atoms with Crippen LogP contribution >= 0.6 is 0 Å². The Hall–Kier alpha value is -1.23. The minimum Gasteiger partial charge on any atom is -0.354 e.